The standard InChI is InChI=1S/C17H18N6O2/c1-22-11-14(10-18-22)12-2-3-15-13(8-12)9-16(21-20-15)19-17(24)23-4-6-25-7-5-23/h2-3,8-11H,4-7H2,1H3,(H,19,21,24). The SMILES string of the molecule is Cn1cc(-c2ccc3nnc(NC(=O)N4CCOCC4)cc3c2)cn1. The summed E-state index contributed by atoms with van der Waals surface area (Å²) in [4.78, 5) is 14.0. The van der Waals surface area contributed by atoms with Gasteiger partial charge >= 0.3 is 6.03 Å². The third kappa shape index (κ3) is 3.29. The van der Waals surface area contributed by atoms with E-state index in [-0.39, 0.29) is 6.03 Å². The molecule has 3 heterocycles. The van der Waals surface area contributed by atoms with Crippen LogP contribution in [0.1, 0.15) is 0 Å². The van der Waals surface area contributed by atoms with Crippen LogP contribution in [-0.2, 0) is 11.8 Å². The number of nitrogens with one attached hydrogen (secondary N) is 1. The number of hydrogen-bond acceptors (Lipinski definition) is 5. The van der Waals surface area contributed by atoms with E-state index < -0.39 is 0 Å². The van der Waals surface area contributed by atoms with Gasteiger partial charge in [0.2, 0.25) is 0 Å². The molecule has 4 rings (SSSR count). The van der Waals surface area contributed by atoms with Gasteiger partial charge in [-0.15, -0.1) is 10.2 Å². The number of carbonyl (C=O) groups is 1. The fraction of sp³-hybridized carbons (Fsp3) is 0.294. The van der Waals surface area contributed by atoms with Crippen LogP contribution < -0.4 is 5.32 Å². The van der Waals surface area contributed by atoms with Crippen LogP contribution in [0.2, 0.25) is 0 Å². The monoisotopic (exact) mass is 338 g/mol. The Kier molecular flexibility index (Phi) is 4.02. The van der Waals surface area contributed by atoms with E-state index in [1.807, 2.05) is 43.7 Å². The number of ether oxygens (including phenoxy) is 1. The van der Waals surface area contributed by atoms with Crippen molar-refractivity contribution in [3.05, 3.63) is 36.7 Å². The summed E-state index contributed by atoms with van der Waals surface area (Å²) in [5, 5.41) is 16.2. The average molecular weight is 338 g/mol. The highest BCUT2D eigenvalue weighted by Crippen LogP contribution is 2.24. The van der Waals surface area contributed by atoms with Crippen LogP contribution in [0.3, 0.4) is 0 Å². The summed E-state index contributed by atoms with van der Waals surface area (Å²) < 4.78 is 7.02. The van der Waals surface area contributed by atoms with Gasteiger partial charge in [0.05, 0.1) is 24.9 Å². The molecule has 8 nitrogen and oxygen atoms in total. The van der Waals surface area contributed by atoms with Crippen LogP contribution in [0.25, 0.3) is 22.0 Å². The zero-order valence-electron chi connectivity index (χ0n) is 13.8. The van der Waals surface area contributed by atoms with Gasteiger partial charge in [0.25, 0.3) is 0 Å². The molecule has 0 radical (unpaired) electrons. The Morgan fingerprint density at radius 1 is 1.16 bits per heavy atom. The third-order valence-electron chi connectivity index (χ3n) is 4.16. The molecule has 0 aliphatic carbocycles. The lowest BCUT2D eigenvalue weighted by atomic mass is 10.1. The summed E-state index contributed by atoms with van der Waals surface area (Å²) in [6.45, 7) is 2.28. The van der Waals surface area contributed by atoms with E-state index in [0.717, 1.165) is 22.0 Å². The van der Waals surface area contributed by atoms with Gasteiger partial charge < -0.3 is 9.64 Å². The molecule has 1 fully saturated rings. The Hall–Kier alpha value is -3.00. The number of amides is 2. The average Bonchev–Trinajstić information content (AvgIpc) is 3.08. The number of urea groups is 1. The first-order chi connectivity index (χ1) is 12.2. The van der Waals surface area contributed by atoms with Gasteiger partial charge in [0.1, 0.15) is 0 Å². The van der Waals surface area contributed by atoms with Crippen molar-refractivity contribution in [1.82, 2.24) is 24.9 Å². The van der Waals surface area contributed by atoms with Crippen molar-refractivity contribution in [1.29, 1.82) is 0 Å². The summed E-state index contributed by atoms with van der Waals surface area (Å²) in [5.74, 6) is 0.437. The van der Waals surface area contributed by atoms with Crippen LogP contribution in [0.15, 0.2) is 36.7 Å². The van der Waals surface area contributed by atoms with Gasteiger partial charge in [-0.2, -0.15) is 5.10 Å². The molecule has 0 spiro atoms. The number of benzene rings is 1. The first-order valence-electron chi connectivity index (χ1n) is 8.09. The molecule has 1 N–H and O–H groups in total. The molecule has 1 saturated heterocycles. The number of carbonyl (C=O) groups excluding carboxylic acids is 1. The van der Waals surface area contributed by atoms with Crippen molar-refractivity contribution < 1.29 is 9.53 Å². The molecule has 2 aromatic heterocycles. The Morgan fingerprint density at radius 3 is 2.76 bits per heavy atom. The summed E-state index contributed by atoms with van der Waals surface area (Å²) in [5.41, 5.74) is 2.84. The molecule has 1 aliphatic rings. The van der Waals surface area contributed by atoms with Gasteiger partial charge in [-0.1, -0.05) is 6.07 Å². The van der Waals surface area contributed by atoms with Crippen LogP contribution in [0, 0.1) is 0 Å². The summed E-state index contributed by atoms with van der Waals surface area (Å²) in [6.07, 6.45) is 3.77. The predicted molar refractivity (Wildman–Crippen MR) is 93.2 cm³/mol. The molecule has 1 aromatic carbocycles. The number of aryl methyl sites for hydroxylation is 1. The van der Waals surface area contributed by atoms with Crippen molar-refractivity contribution in [3.8, 4) is 11.1 Å². The van der Waals surface area contributed by atoms with E-state index >= 15 is 0 Å². The number of hydrogen-bond donors (Lipinski definition) is 1. The van der Waals surface area contributed by atoms with E-state index in [2.05, 4.69) is 20.6 Å². The van der Waals surface area contributed by atoms with E-state index in [1.165, 1.54) is 0 Å². The second-order valence-corrected chi connectivity index (χ2v) is 5.94. The maximum Gasteiger partial charge on any atom is 0.323 e. The molecular weight excluding hydrogens is 320 g/mol. The molecule has 128 valence electrons. The Bertz CT molecular complexity index is 916. The summed E-state index contributed by atoms with van der Waals surface area (Å²) >= 11 is 0. The number of rotatable bonds is 2. The van der Waals surface area contributed by atoms with Crippen molar-refractivity contribution in [2.24, 2.45) is 7.05 Å². The van der Waals surface area contributed by atoms with Crippen LogP contribution in [0.5, 0.6) is 0 Å². The summed E-state index contributed by atoms with van der Waals surface area (Å²) in [7, 11) is 1.88. The van der Waals surface area contributed by atoms with E-state index in [1.54, 1.807) is 9.58 Å². The number of fused-ring (bicyclic) bond motifs is 1. The lowest BCUT2D eigenvalue weighted by Crippen LogP contribution is -2.43. The Labute approximate surface area is 144 Å². The highest BCUT2D eigenvalue weighted by atomic mass is 16.5. The van der Waals surface area contributed by atoms with E-state index in [0.29, 0.717) is 32.1 Å². The van der Waals surface area contributed by atoms with Crippen LogP contribution in [0.4, 0.5) is 10.6 Å². The minimum Gasteiger partial charge on any atom is -0.378 e. The third-order valence-corrected chi connectivity index (χ3v) is 4.16. The van der Waals surface area contributed by atoms with Crippen molar-refractivity contribution >= 4 is 22.8 Å². The molecule has 0 atom stereocenters. The largest absolute Gasteiger partial charge is 0.378 e. The highest BCUT2D eigenvalue weighted by molar-refractivity contribution is 5.91. The smallest absolute Gasteiger partial charge is 0.323 e. The maximum atomic E-state index is 12.3. The quantitative estimate of drug-likeness (QED) is 0.771. The minimum atomic E-state index is -0.180. The maximum absolute atomic E-state index is 12.3. The number of anilines is 1. The van der Waals surface area contributed by atoms with Crippen LogP contribution >= 0.6 is 0 Å². The molecule has 0 unspecified atom stereocenters. The van der Waals surface area contributed by atoms with Gasteiger partial charge in [0.15, 0.2) is 5.82 Å². The van der Waals surface area contributed by atoms with Gasteiger partial charge in [-0.25, -0.2) is 4.79 Å². The Balaban J connectivity index is 1.59. The van der Waals surface area contributed by atoms with Crippen molar-refractivity contribution in [2.45, 2.75) is 0 Å². The summed E-state index contributed by atoms with van der Waals surface area (Å²) in [6, 6.07) is 7.57. The number of aromatic nitrogens is 4. The number of morpholine rings is 1. The van der Waals surface area contributed by atoms with Gasteiger partial charge in [-0.3, -0.25) is 10.00 Å². The van der Waals surface area contributed by atoms with Crippen molar-refractivity contribution in [2.75, 3.05) is 31.6 Å². The van der Waals surface area contributed by atoms with Crippen LogP contribution in [-0.4, -0.2) is 57.2 Å². The first-order valence-corrected chi connectivity index (χ1v) is 8.09. The van der Waals surface area contributed by atoms with Crippen molar-refractivity contribution in [3.63, 3.8) is 0 Å². The number of nitrogens with zero attached hydrogens (tertiary/aromatic N) is 5. The molecule has 8 heteroatoms. The minimum absolute atomic E-state index is 0.180. The topological polar surface area (TPSA) is 85.2 Å². The normalized spacial score (nSPS) is 14.7. The van der Waals surface area contributed by atoms with Gasteiger partial charge in [-0.05, 0) is 23.8 Å². The first kappa shape index (κ1) is 15.5. The zero-order chi connectivity index (χ0) is 17.2. The fourth-order valence-electron chi connectivity index (χ4n) is 2.81. The molecule has 3 aromatic rings. The fourth-order valence-corrected chi connectivity index (χ4v) is 2.81. The molecular formula is C17H18N6O2. The molecule has 2 amide bonds. The zero-order valence-corrected chi connectivity index (χ0v) is 13.8. The Morgan fingerprint density at radius 2 is 2.00 bits per heavy atom. The predicted octanol–water partition coefficient (Wildman–Crippen LogP) is 1.89. The van der Waals surface area contributed by atoms with Gasteiger partial charge in [0, 0.05) is 37.3 Å². The molecule has 0 saturated carbocycles. The lowest BCUT2D eigenvalue weighted by Gasteiger charge is -2.26. The molecule has 0 bridgehead atoms. The molecule has 1 aliphatic heterocycles. The van der Waals surface area contributed by atoms with E-state index in [4.69, 9.17) is 4.74 Å². The van der Waals surface area contributed by atoms with E-state index in [9.17, 15) is 4.79 Å². The molecule has 25 heavy (non-hydrogen) atoms. The second-order valence-electron chi connectivity index (χ2n) is 5.94. The highest BCUT2D eigenvalue weighted by Gasteiger charge is 2.17. The lowest BCUT2D eigenvalue weighted by molar-refractivity contribution is 0.0564. The second kappa shape index (κ2) is 6.48.